The van der Waals surface area contributed by atoms with Gasteiger partial charge in [0.15, 0.2) is 0 Å². The number of halogens is 2. The first-order valence-corrected chi connectivity index (χ1v) is 7.96. The first kappa shape index (κ1) is 32.3. The predicted molar refractivity (Wildman–Crippen MR) is 119 cm³/mol. The molecule has 3 aromatic rings. The Morgan fingerprint density at radius 3 is 1.16 bits per heavy atom. The van der Waals surface area contributed by atoms with Crippen molar-refractivity contribution >= 4 is 40.2 Å². The van der Waals surface area contributed by atoms with Crippen molar-refractivity contribution in [2.24, 2.45) is 0 Å². The molecule has 0 atom stereocenters. The van der Waals surface area contributed by atoms with Crippen LogP contribution in [-0.2, 0) is 25.8 Å². The molecule has 1 radical (unpaired) electrons. The molecular formula is C21H30Cl2HfSi-3. The molecule has 25 heavy (non-hydrogen) atoms. The molecule has 3 aromatic carbocycles. The van der Waals surface area contributed by atoms with Gasteiger partial charge in [-0.2, -0.15) is 46.5 Å². The van der Waals surface area contributed by atoms with Crippen molar-refractivity contribution in [3.8, 4) is 0 Å². The van der Waals surface area contributed by atoms with Crippen molar-refractivity contribution in [1.29, 1.82) is 0 Å². The molecule has 0 fully saturated rings. The minimum atomic E-state index is 0. The van der Waals surface area contributed by atoms with Crippen LogP contribution in [0.25, 0.3) is 0 Å². The second-order valence-electron chi connectivity index (χ2n) is 5.27. The van der Waals surface area contributed by atoms with Gasteiger partial charge in [-0.25, -0.2) is 12.1 Å². The maximum absolute atomic E-state index is 2.12. The van der Waals surface area contributed by atoms with E-state index in [0.29, 0.717) is 0 Å². The summed E-state index contributed by atoms with van der Waals surface area (Å²) in [4.78, 5) is 0. The number of rotatable bonds is 0. The van der Waals surface area contributed by atoms with Crippen LogP contribution in [0.5, 0.6) is 0 Å². The number of benzene rings is 1. The van der Waals surface area contributed by atoms with Gasteiger partial charge in [-0.05, 0) is 0 Å². The van der Waals surface area contributed by atoms with E-state index in [9.17, 15) is 0 Å². The molecule has 3 rings (SSSR count). The van der Waals surface area contributed by atoms with E-state index in [-0.39, 0.29) is 58.1 Å². The predicted octanol–water partition coefficient (Wildman–Crippen LogP) is 5.28. The van der Waals surface area contributed by atoms with Crippen LogP contribution in [0.2, 0.25) is 0 Å². The van der Waals surface area contributed by atoms with Gasteiger partial charge in [-0.15, -0.1) is 24.8 Å². The summed E-state index contributed by atoms with van der Waals surface area (Å²) in [5, 5.41) is 1.35. The SMILES string of the molecule is Cc1cc[cH-]c1C.Cc1cc[cH-]c1C.Cl.Cl.[CH3-].[Hf].[SiH2]c1ccccc1. The molecule has 4 heteroatoms. The number of aryl methyl sites for hydroxylation is 4. The Balaban J connectivity index is -0.000000122. The van der Waals surface area contributed by atoms with E-state index in [1.807, 2.05) is 28.4 Å². The maximum atomic E-state index is 2.12. The molecule has 0 amide bonds. The fourth-order valence-corrected chi connectivity index (χ4v) is 1.95. The van der Waals surface area contributed by atoms with Crippen molar-refractivity contribution < 1.29 is 25.8 Å². The minimum Gasteiger partial charge on any atom is -0.358 e. The summed E-state index contributed by atoms with van der Waals surface area (Å²) in [7, 11) is 1.90. The molecule has 0 aliphatic rings. The Labute approximate surface area is 189 Å². The Morgan fingerprint density at radius 2 is 1.04 bits per heavy atom. The second-order valence-corrected chi connectivity index (χ2v) is 6.09. The van der Waals surface area contributed by atoms with E-state index < -0.39 is 0 Å². The summed E-state index contributed by atoms with van der Waals surface area (Å²) >= 11 is 0. The Morgan fingerprint density at radius 1 is 0.680 bits per heavy atom. The average Bonchev–Trinajstić information content (AvgIpc) is 3.02. The molecule has 0 saturated carbocycles. The third-order valence-electron chi connectivity index (χ3n) is 3.47. The van der Waals surface area contributed by atoms with Crippen LogP contribution < -0.4 is 5.19 Å². The van der Waals surface area contributed by atoms with Gasteiger partial charge in [0.2, 0.25) is 0 Å². The van der Waals surface area contributed by atoms with Crippen molar-refractivity contribution in [3.05, 3.63) is 96.4 Å². The van der Waals surface area contributed by atoms with Crippen LogP contribution >= 0.6 is 24.8 Å². The number of hydrogen-bond acceptors (Lipinski definition) is 0. The molecule has 139 valence electrons. The third kappa shape index (κ3) is 14.4. The molecule has 0 aromatic heterocycles. The minimum absolute atomic E-state index is 0. The summed E-state index contributed by atoms with van der Waals surface area (Å²) in [5.74, 6) is 0. The summed E-state index contributed by atoms with van der Waals surface area (Å²) in [6.07, 6.45) is 0. The largest absolute Gasteiger partial charge is 0.358 e. The molecule has 0 N–H and O–H groups in total. The van der Waals surface area contributed by atoms with E-state index >= 15 is 0 Å². The Kier molecular flexibility index (Phi) is 23.7. The second kappa shape index (κ2) is 18.4. The van der Waals surface area contributed by atoms with Crippen LogP contribution in [0.15, 0.2) is 66.7 Å². The molecule has 0 saturated heterocycles. The quantitative estimate of drug-likeness (QED) is 0.260. The first-order valence-electron chi connectivity index (χ1n) is 7.25. The average molecular weight is 560 g/mol. The zero-order valence-corrected chi connectivity index (χ0v) is 22.5. The van der Waals surface area contributed by atoms with Crippen LogP contribution in [0.3, 0.4) is 0 Å². The van der Waals surface area contributed by atoms with E-state index in [4.69, 9.17) is 0 Å². The van der Waals surface area contributed by atoms with Gasteiger partial charge in [0.05, 0.1) is 0 Å². The monoisotopic (exact) mass is 560 g/mol. The Bertz CT molecular complexity index is 559. The normalized spacial score (nSPS) is 7.72. The van der Waals surface area contributed by atoms with E-state index in [0.717, 1.165) is 0 Å². The number of hydrogen-bond donors (Lipinski definition) is 0. The fraction of sp³-hybridized carbons (Fsp3) is 0.190. The van der Waals surface area contributed by atoms with E-state index in [2.05, 4.69) is 76.2 Å². The van der Waals surface area contributed by atoms with Crippen LogP contribution in [0, 0.1) is 35.1 Å². The van der Waals surface area contributed by atoms with Gasteiger partial charge in [0.25, 0.3) is 0 Å². The van der Waals surface area contributed by atoms with Gasteiger partial charge in [-0.1, -0.05) is 63.2 Å². The van der Waals surface area contributed by atoms with Crippen molar-refractivity contribution in [2.75, 3.05) is 0 Å². The van der Waals surface area contributed by atoms with Crippen molar-refractivity contribution in [2.45, 2.75) is 27.7 Å². The topological polar surface area (TPSA) is 0 Å². The van der Waals surface area contributed by atoms with E-state index in [1.54, 1.807) is 0 Å². The molecule has 0 bridgehead atoms. The van der Waals surface area contributed by atoms with Gasteiger partial charge < -0.3 is 7.43 Å². The van der Waals surface area contributed by atoms with Crippen LogP contribution in [0.4, 0.5) is 0 Å². The van der Waals surface area contributed by atoms with Gasteiger partial charge in [-0.3, -0.25) is 0 Å². The Hall–Kier alpha value is -0.413. The summed E-state index contributed by atoms with van der Waals surface area (Å²) in [6.45, 7) is 8.48. The van der Waals surface area contributed by atoms with Gasteiger partial charge in [0, 0.05) is 36.1 Å². The third-order valence-corrected chi connectivity index (χ3v) is 3.94. The summed E-state index contributed by atoms with van der Waals surface area (Å²) in [6, 6.07) is 22.9. The molecule has 0 nitrogen and oxygen atoms in total. The van der Waals surface area contributed by atoms with E-state index in [1.165, 1.54) is 27.4 Å². The zero-order valence-electron chi connectivity index (χ0n) is 15.9. The van der Waals surface area contributed by atoms with Crippen LogP contribution in [-0.4, -0.2) is 10.2 Å². The first-order chi connectivity index (χ1) is 10.0. The standard InChI is InChI=1S/2C7H9.C6H7Si.CH3.2ClH.Hf/c2*1-6-4-3-5-7(6)2;7-6-4-2-1-3-5-6;;;;/h2*3-5H,1-2H3;1-5H,7H2;1H3;2*1H;/q2*-1;;-1;;;. The van der Waals surface area contributed by atoms with Gasteiger partial charge >= 0.3 is 0 Å². The molecule has 0 aliphatic carbocycles. The molecule has 0 spiro atoms. The van der Waals surface area contributed by atoms with Gasteiger partial charge in [0.1, 0.15) is 0 Å². The molecule has 0 heterocycles. The smallest absolute Gasteiger partial charge is 0.0477 e. The summed E-state index contributed by atoms with van der Waals surface area (Å²) < 4.78 is 0. The van der Waals surface area contributed by atoms with Crippen molar-refractivity contribution in [3.63, 3.8) is 0 Å². The molecule has 0 aliphatic heterocycles. The molecule has 0 unspecified atom stereocenters. The fourth-order valence-electron chi connectivity index (χ4n) is 1.68. The molecular weight excluding hydrogens is 530 g/mol. The van der Waals surface area contributed by atoms with Crippen molar-refractivity contribution in [1.82, 2.24) is 0 Å². The summed E-state index contributed by atoms with van der Waals surface area (Å²) in [5.41, 5.74) is 5.56. The maximum Gasteiger partial charge on any atom is 0.0477 e. The zero-order chi connectivity index (χ0) is 15.7. The van der Waals surface area contributed by atoms with Crippen LogP contribution in [0.1, 0.15) is 22.3 Å².